The predicted molar refractivity (Wildman–Crippen MR) is 61.4 cm³/mol. The lowest BCUT2D eigenvalue weighted by atomic mass is 9.69. The average Bonchev–Trinajstić information content (AvgIpc) is 2.30. The van der Waals surface area contributed by atoms with Crippen molar-refractivity contribution in [3.8, 4) is 6.07 Å². The van der Waals surface area contributed by atoms with Crippen molar-refractivity contribution >= 4 is 5.97 Å². The van der Waals surface area contributed by atoms with Gasteiger partial charge in [-0.1, -0.05) is 31.2 Å². The minimum Gasteiger partial charge on any atom is -0.465 e. The Morgan fingerprint density at radius 1 is 1.50 bits per heavy atom. The summed E-state index contributed by atoms with van der Waals surface area (Å²) in [5, 5.41) is 8.80. The smallest absolute Gasteiger partial charge is 0.316 e. The molecule has 0 radical (unpaired) electrons. The molecule has 86 valence electrons. The number of rotatable bonds is 4. The van der Waals surface area contributed by atoms with Crippen molar-refractivity contribution in [2.75, 3.05) is 6.61 Å². The number of ether oxygens (including phenoxy) is 1. The predicted octanol–water partition coefficient (Wildman–Crippen LogP) is 2.60. The Morgan fingerprint density at radius 2 is 2.25 bits per heavy atom. The topological polar surface area (TPSA) is 50.1 Å². The molecule has 0 bridgehead atoms. The van der Waals surface area contributed by atoms with E-state index in [0.717, 1.165) is 0 Å². The molecule has 1 aliphatic rings. The molecule has 0 N–H and O–H groups in total. The van der Waals surface area contributed by atoms with E-state index in [2.05, 4.69) is 6.07 Å². The minimum atomic E-state index is -0.652. The van der Waals surface area contributed by atoms with Crippen LogP contribution in [0.15, 0.2) is 24.3 Å². The van der Waals surface area contributed by atoms with E-state index in [1.807, 2.05) is 31.2 Å². The van der Waals surface area contributed by atoms with Crippen LogP contribution in [-0.4, -0.2) is 12.6 Å². The number of nitriles is 1. The van der Waals surface area contributed by atoms with Crippen LogP contribution in [0.25, 0.3) is 0 Å². The average molecular weight is 219 g/mol. The summed E-state index contributed by atoms with van der Waals surface area (Å²) < 4.78 is 5.12. The van der Waals surface area contributed by atoms with E-state index in [9.17, 15) is 4.79 Å². The molecule has 3 heteroatoms. The Labute approximate surface area is 96.4 Å². The van der Waals surface area contributed by atoms with E-state index in [0.29, 0.717) is 19.4 Å². The summed E-state index contributed by atoms with van der Waals surface area (Å²) in [4.78, 5) is 12.0. The summed E-state index contributed by atoms with van der Waals surface area (Å²) in [6.07, 6.45) is 8.52. The molecule has 0 aromatic carbocycles. The summed E-state index contributed by atoms with van der Waals surface area (Å²) in [7, 11) is 0. The number of hydrogen-bond donors (Lipinski definition) is 0. The van der Waals surface area contributed by atoms with Crippen LogP contribution in [0.3, 0.4) is 0 Å². The number of carbonyl (C=O) groups excluding carboxylic acids is 1. The van der Waals surface area contributed by atoms with Gasteiger partial charge in [0.1, 0.15) is 0 Å². The van der Waals surface area contributed by atoms with E-state index in [1.165, 1.54) is 0 Å². The fraction of sp³-hybridized carbons (Fsp3) is 0.538. The van der Waals surface area contributed by atoms with Crippen LogP contribution >= 0.6 is 0 Å². The maximum absolute atomic E-state index is 12.0. The van der Waals surface area contributed by atoms with Crippen LogP contribution in [-0.2, 0) is 9.53 Å². The zero-order chi connectivity index (χ0) is 12.0. The highest BCUT2D eigenvalue weighted by Crippen LogP contribution is 2.40. The van der Waals surface area contributed by atoms with Crippen LogP contribution in [0.1, 0.15) is 26.7 Å². The number of allylic oxidation sites excluding steroid dienone is 3. The third-order valence-electron chi connectivity index (χ3n) is 3.06. The molecule has 0 unspecified atom stereocenters. The Balaban J connectivity index is 2.99. The van der Waals surface area contributed by atoms with Gasteiger partial charge < -0.3 is 4.74 Å². The van der Waals surface area contributed by atoms with Gasteiger partial charge in [-0.2, -0.15) is 5.26 Å². The van der Waals surface area contributed by atoms with Gasteiger partial charge in [0.2, 0.25) is 0 Å². The third-order valence-corrected chi connectivity index (χ3v) is 3.06. The van der Waals surface area contributed by atoms with E-state index in [4.69, 9.17) is 10.00 Å². The van der Waals surface area contributed by atoms with Gasteiger partial charge in [0.25, 0.3) is 0 Å². The molecule has 1 aliphatic carbocycles. The second kappa shape index (κ2) is 5.50. The molecular formula is C13H17NO2. The fourth-order valence-electron chi connectivity index (χ4n) is 2.08. The van der Waals surface area contributed by atoms with Gasteiger partial charge in [-0.15, -0.1) is 0 Å². The molecule has 16 heavy (non-hydrogen) atoms. The highest BCUT2D eigenvalue weighted by Gasteiger charge is 2.42. The number of esters is 1. The zero-order valence-electron chi connectivity index (χ0n) is 9.77. The lowest BCUT2D eigenvalue weighted by molar-refractivity contribution is -0.154. The summed E-state index contributed by atoms with van der Waals surface area (Å²) in [5.41, 5.74) is -0.652. The highest BCUT2D eigenvalue weighted by molar-refractivity contribution is 5.80. The number of carbonyl (C=O) groups is 1. The molecule has 0 saturated carbocycles. The molecule has 0 spiro atoms. The molecule has 3 nitrogen and oxygen atoms in total. The van der Waals surface area contributed by atoms with Gasteiger partial charge >= 0.3 is 5.97 Å². The van der Waals surface area contributed by atoms with Crippen LogP contribution in [0.2, 0.25) is 0 Å². The Morgan fingerprint density at radius 3 is 2.81 bits per heavy atom. The first-order valence-electron chi connectivity index (χ1n) is 5.61. The molecule has 0 saturated heterocycles. The quantitative estimate of drug-likeness (QED) is 0.683. The van der Waals surface area contributed by atoms with Crippen molar-refractivity contribution in [2.24, 2.45) is 11.3 Å². The van der Waals surface area contributed by atoms with Gasteiger partial charge in [0.05, 0.1) is 18.1 Å². The summed E-state index contributed by atoms with van der Waals surface area (Å²) in [6.45, 7) is 4.12. The second-order valence-electron chi connectivity index (χ2n) is 3.83. The van der Waals surface area contributed by atoms with Gasteiger partial charge in [0, 0.05) is 12.3 Å². The standard InChI is InChI=1S/C13H17NO2/c1-3-13(12(15)16-4-2)9-6-5-7-11(13)8-10-14/h5-7,9,11H,3-4,8H2,1-2H3/t11-,13-/m0/s1. The SMILES string of the molecule is CCOC(=O)[C@@]1(CC)C=CC=C[C@H]1CC#N. The fourth-order valence-corrected chi connectivity index (χ4v) is 2.08. The summed E-state index contributed by atoms with van der Waals surface area (Å²) >= 11 is 0. The van der Waals surface area contributed by atoms with Crippen molar-refractivity contribution in [2.45, 2.75) is 26.7 Å². The number of hydrogen-bond acceptors (Lipinski definition) is 3. The Bertz CT molecular complexity index is 351. The molecular weight excluding hydrogens is 202 g/mol. The Kier molecular flexibility index (Phi) is 4.30. The van der Waals surface area contributed by atoms with Crippen molar-refractivity contribution in [1.29, 1.82) is 5.26 Å². The first-order chi connectivity index (χ1) is 7.71. The van der Waals surface area contributed by atoms with Crippen molar-refractivity contribution in [1.82, 2.24) is 0 Å². The molecule has 0 aromatic heterocycles. The van der Waals surface area contributed by atoms with Gasteiger partial charge in [-0.3, -0.25) is 4.79 Å². The number of nitrogens with zero attached hydrogens (tertiary/aromatic N) is 1. The molecule has 0 amide bonds. The van der Waals surface area contributed by atoms with Crippen molar-refractivity contribution in [3.05, 3.63) is 24.3 Å². The van der Waals surface area contributed by atoms with E-state index >= 15 is 0 Å². The van der Waals surface area contributed by atoms with Gasteiger partial charge in [-0.25, -0.2) is 0 Å². The molecule has 0 fully saturated rings. The monoisotopic (exact) mass is 219 g/mol. The van der Waals surface area contributed by atoms with E-state index in [1.54, 1.807) is 6.92 Å². The molecule has 0 aromatic rings. The summed E-state index contributed by atoms with van der Waals surface area (Å²) in [5.74, 6) is -0.301. The first kappa shape index (κ1) is 12.5. The summed E-state index contributed by atoms with van der Waals surface area (Å²) in [6, 6.07) is 2.13. The molecule has 2 atom stereocenters. The van der Waals surface area contributed by atoms with Crippen LogP contribution in [0.4, 0.5) is 0 Å². The molecule has 0 heterocycles. The zero-order valence-corrected chi connectivity index (χ0v) is 9.77. The van der Waals surface area contributed by atoms with Gasteiger partial charge in [-0.05, 0) is 13.3 Å². The van der Waals surface area contributed by atoms with E-state index < -0.39 is 5.41 Å². The lowest BCUT2D eigenvalue weighted by Crippen LogP contribution is -2.38. The van der Waals surface area contributed by atoms with E-state index in [-0.39, 0.29) is 11.9 Å². The van der Waals surface area contributed by atoms with Crippen molar-refractivity contribution in [3.63, 3.8) is 0 Å². The highest BCUT2D eigenvalue weighted by atomic mass is 16.5. The van der Waals surface area contributed by atoms with Gasteiger partial charge in [0.15, 0.2) is 0 Å². The van der Waals surface area contributed by atoms with Crippen LogP contribution in [0.5, 0.6) is 0 Å². The molecule has 1 rings (SSSR count). The lowest BCUT2D eigenvalue weighted by Gasteiger charge is -2.34. The first-order valence-corrected chi connectivity index (χ1v) is 5.61. The van der Waals surface area contributed by atoms with Crippen molar-refractivity contribution < 1.29 is 9.53 Å². The third kappa shape index (κ3) is 2.16. The van der Waals surface area contributed by atoms with Crippen LogP contribution in [0, 0.1) is 22.7 Å². The molecule has 0 aliphatic heterocycles. The second-order valence-corrected chi connectivity index (χ2v) is 3.83. The van der Waals surface area contributed by atoms with Crippen LogP contribution < -0.4 is 0 Å². The maximum atomic E-state index is 12.0. The Hall–Kier alpha value is -1.56. The largest absolute Gasteiger partial charge is 0.465 e. The minimum absolute atomic E-state index is 0.0773. The normalized spacial score (nSPS) is 27.4. The maximum Gasteiger partial charge on any atom is 0.316 e.